The van der Waals surface area contributed by atoms with E-state index in [0.29, 0.717) is 18.3 Å². The Kier molecular flexibility index (Phi) is 6.49. The number of nitrogens with two attached hydrogens (primary N) is 1. The van der Waals surface area contributed by atoms with Crippen molar-refractivity contribution in [3.8, 4) is 0 Å². The molecule has 1 aromatic carbocycles. The zero-order valence-electron chi connectivity index (χ0n) is 16.6. The van der Waals surface area contributed by atoms with Crippen LogP contribution in [0.2, 0.25) is 0 Å². The summed E-state index contributed by atoms with van der Waals surface area (Å²) in [5, 5.41) is 0. The van der Waals surface area contributed by atoms with E-state index in [1.807, 2.05) is 0 Å². The number of amides is 1. The van der Waals surface area contributed by atoms with Crippen LogP contribution in [0.3, 0.4) is 0 Å². The van der Waals surface area contributed by atoms with E-state index in [1.54, 1.807) is 0 Å². The summed E-state index contributed by atoms with van der Waals surface area (Å²) in [7, 11) is 0. The molecule has 1 unspecified atom stereocenters. The molecule has 1 fully saturated rings. The molecule has 0 aliphatic heterocycles. The zero-order valence-corrected chi connectivity index (χ0v) is 16.6. The highest BCUT2D eigenvalue weighted by molar-refractivity contribution is 5.77. The number of primary amides is 1. The molecule has 142 valence electrons. The fraction of sp³-hybridized carbons (Fsp3) is 0.400. The summed E-state index contributed by atoms with van der Waals surface area (Å²) in [5.41, 5.74) is 12.1. The Morgan fingerprint density at radius 2 is 1.93 bits per heavy atom. The highest BCUT2D eigenvalue weighted by Crippen LogP contribution is 2.38. The maximum Gasteiger partial charge on any atom is 0.221 e. The summed E-state index contributed by atoms with van der Waals surface area (Å²) in [4.78, 5) is 11.8. The van der Waals surface area contributed by atoms with Crippen LogP contribution in [0.1, 0.15) is 51.5 Å². The van der Waals surface area contributed by atoms with Gasteiger partial charge in [-0.3, -0.25) is 4.79 Å². The molecule has 1 aromatic rings. The molecule has 1 saturated carbocycles. The SMILES string of the molecule is CC/C1=C(CC(N)=O)/C=C(C2CCC2)/C=C\C=C(/C)C1Cc1ccccc1. The Labute approximate surface area is 163 Å². The minimum Gasteiger partial charge on any atom is -0.369 e. The lowest BCUT2D eigenvalue weighted by Gasteiger charge is -2.28. The molecule has 0 radical (unpaired) electrons. The molecular weight excluding hydrogens is 330 g/mol. The topological polar surface area (TPSA) is 43.1 Å². The van der Waals surface area contributed by atoms with Gasteiger partial charge in [0.1, 0.15) is 0 Å². The molecule has 1 atom stereocenters. The predicted molar refractivity (Wildman–Crippen MR) is 113 cm³/mol. The van der Waals surface area contributed by atoms with Crippen molar-refractivity contribution in [2.24, 2.45) is 17.6 Å². The molecule has 2 aliphatic carbocycles. The van der Waals surface area contributed by atoms with Gasteiger partial charge in [0.05, 0.1) is 6.42 Å². The van der Waals surface area contributed by atoms with E-state index >= 15 is 0 Å². The quantitative estimate of drug-likeness (QED) is 0.697. The molecule has 2 N–H and O–H groups in total. The Morgan fingerprint density at radius 1 is 1.19 bits per heavy atom. The number of benzene rings is 1. The van der Waals surface area contributed by atoms with E-state index < -0.39 is 0 Å². The van der Waals surface area contributed by atoms with Gasteiger partial charge in [0.25, 0.3) is 0 Å². The summed E-state index contributed by atoms with van der Waals surface area (Å²) in [6, 6.07) is 10.6. The Balaban J connectivity index is 2.07. The molecule has 0 bridgehead atoms. The standard InChI is InChI=1S/C25H31NO/c1-3-23-22(17-25(26)27)16-21(20-12-8-13-20)14-7-9-18(2)24(23)15-19-10-5-4-6-11-19/h4-7,9-11,14,16,20,24H,3,8,12-13,15,17H2,1-2H3,(H2,26,27)/b14-7-,18-9+,21-16-,23-22+. The van der Waals surface area contributed by atoms with Gasteiger partial charge in [0, 0.05) is 5.92 Å². The molecule has 3 rings (SSSR count). The number of carbonyl (C=O) groups excluding carboxylic acids is 1. The zero-order chi connectivity index (χ0) is 19.2. The molecule has 0 heterocycles. The lowest BCUT2D eigenvalue weighted by atomic mass is 9.77. The second-order valence-corrected chi connectivity index (χ2v) is 7.83. The second-order valence-electron chi connectivity index (χ2n) is 7.83. The number of carbonyl (C=O) groups is 1. The van der Waals surface area contributed by atoms with Crippen LogP contribution in [-0.4, -0.2) is 5.91 Å². The van der Waals surface area contributed by atoms with Crippen molar-refractivity contribution in [3.05, 3.63) is 82.5 Å². The van der Waals surface area contributed by atoms with Gasteiger partial charge < -0.3 is 5.73 Å². The maximum absolute atomic E-state index is 11.8. The van der Waals surface area contributed by atoms with Gasteiger partial charge in [-0.1, -0.05) is 79.1 Å². The summed E-state index contributed by atoms with van der Waals surface area (Å²) in [6.07, 6.45) is 15.0. The van der Waals surface area contributed by atoms with Crippen molar-refractivity contribution in [3.63, 3.8) is 0 Å². The van der Waals surface area contributed by atoms with E-state index in [0.717, 1.165) is 18.4 Å². The molecule has 2 nitrogen and oxygen atoms in total. The molecule has 0 spiro atoms. The van der Waals surface area contributed by atoms with Gasteiger partial charge in [-0.05, 0) is 55.2 Å². The van der Waals surface area contributed by atoms with Crippen molar-refractivity contribution in [1.82, 2.24) is 0 Å². The van der Waals surface area contributed by atoms with Crippen LogP contribution in [0.5, 0.6) is 0 Å². The van der Waals surface area contributed by atoms with Crippen molar-refractivity contribution in [2.75, 3.05) is 0 Å². The first kappa shape index (κ1) is 19.4. The number of rotatable bonds is 6. The van der Waals surface area contributed by atoms with Crippen LogP contribution in [0.25, 0.3) is 0 Å². The average molecular weight is 362 g/mol. The Morgan fingerprint density at radius 3 is 2.52 bits per heavy atom. The van der Waals surface area contributed by atoms with Gasteiger partial charge in [0.2, 0.25) is 5.91 Å². The lowest BCUT2D eigenvalue weighted by Crippen LogP contribution is -2.17. The third kappa shape index (κ3) is 4.88. The highest BCUT2D eigenvalue weighted by atomic mass is 16.1. The van der Waals surface area contributed by atoms with Crippen LogP contribution in [-0.2, 0) is 11.2 Å². The van der Waals surface area contributed by atoms with Crippen LogP contribution in [0, 0.1) is 11.8 Å². The normalized spacial score (nSPS) is 28.6. The number of hydrogen-bond donors (Lipinski definition) is 1. The average Bonchev–Trinajstić information content (AvgIpc) is 2.64. The van der Waals surface area contributed by atoms with Crippen LogP contribution >= 0.6 is 0 Å². The molecule has 27 heavy (non-hydrogen) atoms. The summed E-state index contributed by atoms with van der Waals surface area (Å²) in [6.45, 7) is 4.41. The summed E-state index contributed by atoms with van der Waals surface area (Å²) in [5.74, 6) is 0.679. The monoisotopic (exact) mass is 361 g/mol. The van der Waals surface area contributed by atoms with E-state index in [9.17, 15) is 4.79 Å². The van der Waals surface area contributed by atoms with Gasteiger partial charge >= 0.3 is 0 Å². The predicted octanol–water partition coefficient (Wildman–Crippen LogP) is 5.67. The van der Waals surface area contributed by atoms with Crippen LogP contribution in [0.15, 0.2) is 76.9 Å². The fourth-order valence-corrected chi connectivity index (χ4v) is 4.22. The first-order valence-electron chi connectivity index (χ1n) is 10.2. The second kappa shape index (κ2) is 9.03. The van der Waals surface area contributed by atoms with E-state index in [4.69, 9.17) is 5.73 Å². The van der Waals surface area contributed by atoms with E-state index in [-0.39, 0.29) is 5.91 Å². The van der Waals surface area contributed by atoms with Crippen molar-refractivity contribution >= 4 is 5.91 Å². The van der Waals surface area contributed by atoms with Gasteiger partial charge in [-0.25, -0.2) is 0 Å². The highest BCUT2D eigenvalue weighted by Gasteiger charge is 2.24. The maximum atomic E-state index is 11.8. The van der Waals surface area contributed by atoms with Gasteiger partial charge in [-0.2, -0.15) is 0 Å². The van der Waals surface area contributed by atoms with Crippen molar-refractivity contribution in [1.29, 1.82) is 0 Å². The minimum absolute atomic E-state index is 0.247. The number of hydrogen-bond acceptors (Lipinski definition) is 1. The van der Waals surface area contributed by atoms with Crippen molar-refractivity contribution in [2.45, 2.75) is 52.4 Å². The first-order chi connectivity index (χ1) is 13.1. The molecule has 1 amide bonds. The van der Waals surface area contributed by atoms with Gasteiger partial charge in [0.15, 0.2) is 0 Å². The minimum atomic E-state index is -0.247. The van der Waals surface area contributed by atoms with Crippen LogP contribution in [0.4, 0.5) is 0 Å². The van der Waals surface area contributed by atoms with Crippen molar-refractivity contribution < 1.29 is 4.79 Å². The number of allylic oxidation sites excluding steroid dienone is 7. The van der Waals surface area contributed by atoms with E-state index in [1.165, 1.54) is 41.5 Å². The largest absolute Gasteiger partial charge is 0.369 e. The Hall–Kier alpha value is -2.35. The Bertz CT molecular complexity index is 791. The van der Waals surface area contributed by atoms with Gasteiger partial charge in [-0.15, -0.1) is 0 Å². The smallest absolute Gasteiger partial charge is 0.221 e. The molecule has 0 saturated heterocycles. The molecule has 2 heteroatoms. The fourth-order valence-electron chi connectivity index (χ4n) is 4.22. The summed E-state index contributed by atoms with van der Waals surface area (Å²) >= 11 is 0. The van der Waals surface area contributed by atoms with E-state index in [2.05, 4.69) is 68.5 Å². The first-order valence-corrected chi connectivity index (χ1v) is 10.2. The third-order valence-electron chi connectivity index (χ3n) is 5.98. The molecule has 2 aliphatic rings. The lowest BCUT2D eigenvalue weighted by molar-refractivity contribution is -0.117. The molecule has 0 aromatic heterocycles. The summed E-state index contributed by atoms with van der Waals surface area (Å²) < 4.78 is 0. The van der Waals surface area contributed by atoms with Crippen LogP contribution < -0.4 is 5.73 Å². The third-order valence-corrected chi connectivity index (χ3v) is 5.98. The molecular formula is C25H31NO.